The van der Waals surface area contributed by atoms with Gasteiger partial charge in [-0.05, 0) is 42.7 Å². The van der Waals surface area contributed by atoms with Crippen LogP contribution in [0.5, 0.6) is 5.75 Å². The Morgan fingerprint density at radius 3 is 2.37 bits per heavy atom. The van der Waals surface area contributed by atoms with Gasteiger partial charge in [0.25, 0.3) is 0 Å². The van der Waals surface area contributed by atoms with Crippen molar-refractivity contribution in [3.05, 3.63) is 53.6 Å². The average Bonchev–Trinajstić information content (AvgIpc) is 2.30. The number of halogens is 3. The van der Waals surface area contributed by atoms with Crippen molar-refractivity contribution in [2.75, 3.05) is 0 Å². The van der Waals surface area contributed by atoms with Crippen LogP contribution >= 0.6 is 0 Å². The fourth-order valence-electron chi connectivity index (χ4n) is 1.91. The topological polar surface area (TPSA) is 9.23 Å². The molecule has 100 valence electrons. The van der Waals surface area contributed by atoms with E-state index in [1.165, 1.54) is 12.1 Å². The molecule has 0 spiro atoms. The van der Waals surface area contributed by atoms with Crippen LogP contribution in [-0.2, 0) is 0 Å². The van der Waals surface area contributed by atoms with Crippen LogP contribution in [0.2, 0.25) is 0 Å². The number of benzene rings is 2. The van der Waals surface area contributed by atoms with E-state index >= 15 is 0 Å². The molecule has 19 heavy (non-hydrogen) atoms. The molecule has 0 aliphatic carbocycles. The van der Waals surface area contributed by atoms with Crippen molar-refractivity contribution in [2.45, 2.75) is 20.2 Å². The van der Waals surface area contributed by atoms with Crippen molar-refractivity contribution < 1.29 is 17.9 Å². The van der Waals surface area contributed by atoms with Crippen molar-refractivity contribution in [1.82, 2.24) is 0 Å². The van der Waals surface area contributed by atoms with Gasteiger partial charge in [-0.3, -0.25) is 0 Å². The number of alkyl halides is 3. The van der Waals surface area contributed by atoms with Gasteiger partial charge in [-0.25, -0.2) is 0 Å². The molecule has 0 N–H and O–H groups in total. The minimum atomic E-state index is -4.67. The molecule has 2 aromatic carbocycles. The summed E-state index contributed by atoms with van der Waals surface area (Å²) in [5.74, 6) is -0.203. The Kier molecular flexibility index (Phi) is 3.51. The molecule has 0 aromatic heterocycles. The SMILES string of the molecule is Cc1ccc(C)c(-c2cccc(OC(F)(F)F)c2)c1. The third kappa shape index (κ3) is 3.50. The summed E-state index contributed by atoms with van der Waals surface area (Å²) in [6.45, 7) is 3.87. The Morgan fingerprint density at radius 2 is 1.68 bits per heavy atom. The molecule has 0 saturated carbocycles. The smallest absolute Gasteiger partial charge is 0.406 e. The Labute approximate surface area is 109 Å². The summed E-state index contributed by atoms with van der Waals surface area (Å²) in [6, 6.07) is 11.9. The maximum Gasteiger partial charge on any atom is 0.573 e. The number of aryl methyl sites for hydroxylation is 2. The van der Waals surface area contributed by atoms with Crippen LogP contribution in [0.1, 0.15) is 11.1 Å². The maximum absolute atomic E-state index is 12.2. The second-order valence-electron chi connectivity index (χ2n) is 4.39. The van der Waals surface area contributed by atoms with Crippen molar-refractivity contribution in [1.29, 1.82) is 0 Å². The molecule has 0 radical (unpaired) electrons. The molecule has 2 aromatic rings. The zero-order chi connectivity index (χ0) is 14.0. The van der Waals surface area contributed by atoms with Gasteiger partial charge in [-0.1, -0.05) is 35.9 Å². The standard InChI is InChI=1S/C15H13F3O/c1-10-6-7-11(2)14(8-10)12-4-3-5-13(9-12)19-15(16,17)18/h3-9H,1-2H3. The highest BCUT2D eigenvalue weighted by atomic mass is 19.4. The van der Waals surface area contributed by atoms with E-state index in [9.17, 15) is 13.2 Å². The van der Waals surface area contributed by atoms with Crippen LogP contribution in [0.3, 0.4) is 0 Å². The summed E-state index contributed by atoms with van der Waals surface area (Å²) in [6.07, 6.45) is -4.67. The molecule has 0 amide bonds. The van der Waals surface area contributed by atoms with Crippen LogP contribution < -0.4 is 4.74 Å². The number of rotatable bonds is 2. The maximum atomic E-state index is 12.2. The van der Waals surface area contributed by atoms with Gasteiger partial charge in [0, 0.05) is 0 Å². The van der Waals surface area contributed by atoms with Crippen LogP contribution in [-0.4, -0.2) is 6.36 Å². The van der Waals surface area contributed by atoms with Gasteiger partial charge in [0.15, 0.2) is 0 Å². The molecule has 0 bridgehead atoms. The molecule has 0 heterocycles. The Bertz CT molecular complexity index is 588. The van der Waals surface area contributed by atoms with E-state index in [2.05, 4.69) is 4.74 Å². The summed E-state index contributed by atoms with van der Waals surface area (Å²) in [5.41, 5.74) is 3.69. The summed E-state index contributed by atoms with van der Waals surface area (Å²) >= 11 is 0. The number of hydrogen-bond donors (Lipinski definition) is 0. The lowest BCUT2D eigenvalue weighted by Crippen LogP contribution is -2.17. The summed E-state index contributed by atoms with van der Waals surface area (Å²) < 4.78 is 40.5. The van der Waals surface area contributed by atoms with E-state index in [0.29, 0.717) is 5.56 Å². The molecule has 2 rings (SSSR count). The van der Waals surface area contributed by atoms with E-state index in [1.54, 1.807) is 12.1 Å². The minimum absolute atomic E-state index is 0.203. The second-order valence-corrected chi connectivity index (χ2v) is 4.39. The first-order valence-electron chi connectivity index (χ1n) is 5.78. The highest BCUT2D eigenvalue weighted by molar-refractivity contribution is 5.69. The fraction of sp³-hybridized carbons (Fsp3) is 0.200. The normalized spacial score (nSPS) is 11.4. The van der Waals surface area contributed by atoms with Gasteiger partial charge in [0.1, 0.15) is 5.75 Å². The van der Waals surface area contributed by atoms with Crippen molar-refractivity contribution in [3.63, 3.8) is 0 Å². The first kappa shape index (κ1) is 13.5. The van der Waals surface area contributed by atoms with Crippen molar-refractivity contribution in [3.8, 4) is 16.9 Å². The van der Waals surface area contributed by atoms with Crippen molar-refractivity contribution in [2.24, 2.45) is 0 Å². The van der Waals surface area contributed by atoms with E-state index in [4.69, 9.17) is 0 Å². The predicted molar refractivity (Wildman–Crippen MR) is 68.0 cm³/mol. The van der Waals surface area contributed by atoms with Gasteiger partial charge in [-0.2, -0.15) is 0 Å². The van der Waals surface area contributed by atoms with Crippen LogP contribution in [0.25, 0.3) is 11.1 Å². The average molecular weight is 266 g/mol. The van der Waals surface area contributed by atoms with Crippen LogP contribution in [0.15, 0.2) is 42.5 Å². The molecular formula is C15H13F3O. The van der Waals surface area contributed by atoms with E-state index < -0.39 is 6.36 Å². The first-order valence-corrected chi connectivity index (χ1v) is 5.78. The molecule has 0 atom stereocenters. The van der Waals surface area contributed by atoms with Gasteiger partial charge >= 0.3 is 6.36 Å². The van der Waals surface area contributed by atoms with Gasteiger partial charge in [0.05, 0.1) is 0 Å². The predicted octanol–water partition coefficient (Wildman–Crippen LogP) is 4.87. The van der Waals surface area contributed by atoms with E-state index in [-0.39, 0.29) is 5.75 Å². The molecule has 1 nitrogen and oxygen atoms in total. The van der Waals surface area contributed by atoms with E-state index in [1.807, 2.05) is 32.0 Å². The molecule has 0 fully saturated rings. The zero-order valence-electron chi connectivity index (χ0n) is 10.6. The lowest BCUT2D eigenvalue weighted by atomic mass is 9.98. The van der Waals surface area contributed by atoms with Crippen LogP contribution in [0, 0.1) is 13.8 Å². The Morgan fingerprint density at radius 1 is 0.947 bits per heavy atom. The molecule has 0 aliphatic rings. The van der Waals surface area contributed by atoms with E-state index in [0.717, 1.165) is 16.7 Å². The second kappa shape index (κ2) is 4.96. The Balaban J connectivity index is 2.40. The molecule has 4 heteroatoms. The van der Waals surface area contributed by atoms with Gasteiger partial charge in [0.2, 0.25) is 0 Å². The largest absolute Gasteiger partial charge is 0.573 e. The fourth-order valence-corrected chi connectivity index (χ4v) is 1.91. The molecule has 0 unspecified atom stereocenters. The van der Waals surface area contributed by atoms with Crippen LogP contribution in [0.4, 0.5) is 13.2 Å². The quantitative estimate of drug-likeness (QED) is 0.753. The third-order valence-corrected chi connectivity index (χ3v) is 2.77. The van der Waals surface area contributed by atoms with Gasteiger partial charge in [-0.15, -0.1) is 13.2 Å². The highest BCUT2D eigenvalue weighted by Crippen LogP contribution is 2.30. The number of hydrogen-bond acceptors (Lipinski definition) is 1. The molecular weight excluding hydrogens is 253 g/mol. The van der Waals surface area contributed by atoms with Crippen molar-refractivity contribution >= 4 is 0 Å². The lowest BCUT2D eigenvalue weighted by molar-refractivity contribution is -0.274. The third-order valence-electron chi connectivity index (χ3n) is 2.77. The van der Waals surface area contributed by atoms with Gasteiger partial charge < -0.3 is 4.74 Å². The highest BCUT2D eigenvalue weighted by Gasteiger charge is 2.31. The molecule has 0 aliphatic heterocycles. The first-order chi connectivity index (χ1) is 8.85. The summed E-state index contributed by atoms with van der Waals surface area (Å²) in [4.78, 5) is 0. The lowest BCUT2D eigenvalue weighted by Gasteiger charge is -2.11. The molecule has 0 saturated heterocycles. The zero-order valence-corrected chi connectivity index (χ0v) is 10.6. The summed E-state index contributed by atoms with van der Waals surface area (Å²) in [5, 5.41) is 0. The Hall–Kier alpha value is -1.97. The number of ether oxygens (including phenoxy) is 1. The summed E-state index contributed by atoms with van der Waals surface area (Å²) in [7, 11) is 0. The monoisotopic (exact) mass is 266 g/mol. The minimum Gasteiger partial charge on any atom is -0.406 e.